The molecule has 0 fully saturated rings. The van der Waals surface area contributed by atoms with Crippen LogP contribution in [0.2, 0.25) is 0 Å². The van der Waals surface area contributed by atoms with Crippen LogP contribution in [0.15, 0.2) is 29.2 Å². The minimum absolute atomic E-state index is 0.0113. The molecule has 0 aliphatic heterocycles. The Morgan fingerprint density at radius 3 is 2.56 bits per heavy atom. The van der Waals surface area contributed by atoms with Crippen molar-refractivity contribution in [1.82, 2.24) is 4.57 Å². The number of hydrogen-bond donors (Lipinski definition) is 0. The number of rotatable bonds is 3. The van der Waals surface area contributed by atoms with Crippen LogP contribution in [0.5, 0.6) is 0 Å². The van der Waals surface area contributed by atoms with Crippen LogP contribution >= 0.6 is 11.3 Å². The van der Waals surface area contributed by atoms with Crippen LogP contribution in [-0.4, -0.2) is 10.4 Å². The van der Waals surface area contributed by atoms with Crippen molar-refractivity contribution in [2.75, 3.05) is 0 Å². The average Bonchev–Trinajstić information content (AvgIpc) is 2.62. The molecule has 0 amide bonds. The number of carbonyl (C=O) groups is 1. The summed E-state index contributed by atoms with van der Waals surface area (Å²) in [6.07, 6.45) is 1.67. The van der Waals surface area contributed by atoms with Crippen molar-refractivity contribution in [3.63, 3.8) is 0 Å². The van der Waals surface area contributed by atoms with Crippen molar-refractivity contribution in [3.8, 4) is 0 Å². The number of aryl methyl sites for hydroxylation is 3. The summed E-state index contributed by atoms with van der Waals surface area (Å²) in [7, 11) is 0. The predicted molar refractivity (Wildman–Crippen MR) is 73.6 cm³/mol. The Kier molecular flexibility index (Phi) is 3.48. The van der Waals surface area contributed by atoms with Crippen LogP contribution in [0.4, 0.5) is 0 Å². The van der Waals surface area contributed by atoms with E-state index in [1.54, 1.807) is 23.6 Å². The highest BCUT2D eigenvalue weighted by Gasteiger charge is 2.12. The number of nitrogens with zero attached hydrogens (tertiary/aromatic N) is 1. The first-order chi connectivity index (χ1) is 8.47. The lowest BCUT2D eigenvalue weighted by molar-refractivity contribution is 0.0970. The second kappa shape index (κ2) is 4.90. The minimum Gasteiger partial charge on any atom is -0.308 e. The minimum atomic E-state index is -0.132. The van der Waals surface area contributed by atoms with E-state index in [-0.39, 0.29) is 17.9 Å². The first kappa shape index (κ1) is 12.8. The Hall–Kier alpha value is -1.68. The van der Waals surface area contributed by atoms with Crippen molar-refractivity contribution in [1.29, 1.82) is 0 Å². The molecule has 4 heteroatoms. The largest absolute Gasteiger partial charge is 0.308 e. The summed E-state index contributed by atoms with van der Waals surface area (Å²) in [5.74, 6) is -0.0113. The van der Waals surface area contributed by atoms with Gasteiger partial charge in [0.1, 0.15) is 0 Å². The van der Waals surface area contributed by atoms with Crippen molar-refractivity contribution < 1.29 is 4.79 Å². The third-order valence-electron chi connectivity index (χ3n) is 2.81. The van der Waals surface area contributed by atoms with E-state index in [2.05, 4.69) is 0 Å². The molecule has 0 aromatic carbocycles. The molecular formula is C14H15NO2S. The van der Waals surface area contributed by atoms with Gasteiger partial charge in [0.25, 0.3) is 5.56 Å². The van der Waals surface area contributed by atoms with Gasteiger partial charge >= 0.3 is 0 Å². The highest BCUT2D eigenvalue weighted by molar-refractivity contribution is 7.12. The van der Waals surface area contributed by atoms with E-state index >= 15 is 0 Å². The maximum Gasteiger partial charge on any atom is 0.251 e. The Bertz CT molecular complexity index is 652. The van der Waals surface area contributed by atoms with Gasteiger partial charge in [-0.1, -0.05) is 0 Å². The quantitative estimate of drug-likeness (QED) is 0.797. The summed E-state index contributed by atoms with van der Waals surface area (Å²) < 4.78 is 1.45. The summed E-state index contributed by atoms with van der Waals surface area (Å²) in [5.41, 5.74) is 1.50. The van der Waals surface area contributed by atoms with Gasteiger partial charge in [0.15, 0.2) is 5.78 Å². The smallest absolute Gasteiger partial charge is 0.251 e. The summed E-state index contributed by atoms with van der Waals surface area (Å²) in [4.78, 5) is 26.0. The predicted octanol–water partition coefficient (Wildman–Crippen LogP) is 2.72. The fraction of sp³-hybridized carbons (Fsp3) is 0.286. The number of aromatic nitrogens is 1. The standard InChI is InChI=1S/C14H15NO2S/c1-9-4-5-15(14(17)6-9)8-13(16)12-7-10(2)18-11(12)3/h4-7H,8H2,1-3H3. The number of carbonyl (C=O) groups excluding carboxylic acids is 1. The molecule has 2 heterocycles. The third-order valence-corrected chi connectivity index (χ3v) is 3.77. The molecule has 0 saturated carbocycles. The summed E-state index contributed by atoms with van der Waals surface area (Å²) in [5, 5.41) is 0. The van der Waals surface area contributed by atoms with Crippen LogP contribution in [0, 0.1) is 20.8 Å². The van der Waals surface area contributed by atoms with Gasteiger partial charge in [0.05, 0.1) is 6.54 Å². The number of hydrogen-bond acceptors (Lipinski definition) is 3. The fourth-order valence-electron chi connectivity index (χ4n) is 1.88. The number of pyridine rings is 1. The molecule has 2 rings (SSSR count). The Morgan fingerprint density at radius 1 is 1.28 bits per heavy atom. The van der Waals surface area contributed by atoms with Crippen molar-refractivity contribution in [2.24, 2.45) is 0 Å². The van der Waals surface area contributed by atoms with Crippen LogP contribution in [0.1, 0.15) is 25.7 Å². The summed E-state index contributed by atoms with van der Waals surface area (Å²) in [6, 6.07) is 5.26. The van der Waals surface area contributed by atoms with E-state index in [1.165, 1.54) is 4.57 Å². The van der Waals surface area contributed by atoms with Crippen LogP contribution in [-0.2, 0) is 6.54 Å². The van der Waals surface area contributed by atoms with Crippen LogP contribution in [0.3, 0.4) is 0 Å². The fourth-order valence-corrected chi connectivity index (χ4v) is 2.83. The zero-order valence-corrected chi connectivity index (χ0v) is 11.5. The first-order valence-electron chi connectivity index (χ1n) is 5.74. The van der Waals surface area contributed by atoms with Gasteiger partial charge in [0, 0.05) is 27.6 Å². The summed E-state index contributed by atoms with van der Waals surface area (Å²) >= 11 is 1.61. The van der Waals surface area contributed by atoms with Crippen molar-refractivity contribution >= 4 is 17.1 Å². The molecule has 2 aromatic heterocycles. The average molecular weight is 261 g/mol. The van der Waals surface area contributed by atoms with Crippen LogP contribution in [0.25, 0.3) is 0 Å². The second-order valence-corrected chi connectivity index (χ2v) is 5.88. The lowest BCUT2D eigenvalue weighted by atomic mass is 10.1. The van der Waals surface area contributed by atoms with E-state index in [1.807, 2.05) is 32.9 Å². The van der Waals surface area contributed by atoms with Crippen molar-refractivity contribution in [3.05, 3.63) is 55.6 Å². The molecular weight excluding hydrogens is 246 g/mol. The highest BCUT2D eigenvalue weighted by atomic mass is 32.1. The van der Waals surface area contributed by atoms with Crippen molar-refractivity contribution in [2.45, 2.75) is 27.3 Å². The normalized spacial score (nSPS) is 10.6. The molecule has 0 spiro atoms. The molecule has 0 atom stereocenters. The van der Waals surface area contributed by atoms with Gasteiger partial charge in [-0.2, -0.15) is 0 Å². The molecule has 0 bridgehead atoms. The van der Waals surface area contributed by atoms with E-state index in [4.69, 9.17) is 0 Å². The molecule has 0 aliphatic rings. The van der Waals surface area contributed by atoms with Gasteiger partial charge in [-0.15, -0.1) is 11.3 Å². The molecule has 0 saturated heterocycles. The molecule has 0 unspecified atom stereocenters. The van der Waals surface area contributed by atoms with E-state index < -0.39 is 0 Å². The zero-order chi connectivity index (χ0) is 13.3. The van der Waals surface area contributed by atoms with Crippen LogP contribution < -0.4 is 5.56 Å². The third kappa shape index (κ3) is 2.59. The maximum absolute atomic E-state index is 12.1. The summed E-state index contributed by atoms with van der Waals surface area (Å²) in [6.45, 7) is 5.88. The molecule has 3 nitrogen and oxygen atoms in total. The van der Waals surface area contributed by atoms with Gasteiger partial charge in [-0.3, -0.25) is 9.59 Å². The molecule has 0 radical (unpaired) electrons. The lowest BCUT2D eigenvalue weighted by Crippen LogP contribution is -2.23. The second-order valence-electron chi connectivity index (χ2n) is 4.42. The SMILES string of the molecule is Cc1ccn(CC(=O)c2cc(C)sc2C)c(=O)c1. The van der Waals surface area contributed by atoms with Gasteiger partial charge in [-0.05, 0) is 38.5 Å². The first-order valence-corrected chi connectivity index (χ1v) is 6.56. The van der Waals surface area contributed by atoms with Gasteiger partial charge in [0.2, 0.25) is 0 Å². The Balaban J connectivity index is 2.27. The zero-order valence-electron chi connectivity index (χ0n) is 10.7. The molecule has 18 heavy (non-hydrogen) atoms. The number of thiophene rings is 1. The molecule has 0 aliphatic carbocycles. The maximum atomic E-state index is 12.1. The van der Waals surface area contributed by atoms with Gasteiger partial charge in [-0.25, -0.2) is 0 Å². The molecule has 0 N–H and O–H groups in total. The Labute approximate surface area is 110 Å². The number of Topliss-reactive ketones (excluding diaryl/α,β-unsaturated/α-hetero) is 1. The lowest BCUT2D eigenvalue weighted by Gasteiger charge is -2.04. The topological polar surface area (TPSA) is 39.1 Å². The highest BCUT2D eigenvalue weighted by Crippen LogP contribution is 2.21. The molecule has 2 aromatic rings. The van der Waals surface area contributed by atoms with Gasteiger partial charge < -0.3 is 4.57 Å². The monoisotopic (exact) mass is 261 g/mol. The van der Waals surface area contributed by atoms with E-state index in [0.717, 1.165) is 20.9 Å². The van der Waals surface area contributed by atoms with E-state index in [9.17, 15) is 9.59 Å². The van der Waals surface area contributed by atoms with E-state index in [0.29, 0.717) is 0 Å². The number of ketones is 1. The molecule has 94 valence electrons. The Morgan fingerprint density at radius 2 is 2.00 bits per heavy atom.